The van der Waals surface area contributed by atoms with Crippen LogP contribution in [0.3, 0.4) is 0 Å². The molecule has 0 aliphatic heterocycles. The largest absolute Gasteiger partial charge is 0.368 e. The van der Waals surface area contributed by atoms with E-state index in [1.54, 1.807) is 4.68 Å². The normalized spacial score (nSPS) is 10.5. The molecule has 2 rings (SSSR count). The van der Waals surface area contributed by atoms with E-state index in [0.717, 1.165) is 10.0 Å². The molecular weight excluding hydrogens is 258 g/mol. The molecule has 15 heavy (non-hydrogen) atoms. The second-order valence-corrected chi connectivity index (χ2v) is 4.03. The number of rotatable bonds is 2. The fourth-order valence-electron chi connectivity index (χ4n) is 1.25. The molecule has 0 unspecified atom stereocenters. The Bertz CT molecular complexity index is 462. The maximum Gasteiger partial charge on any atom is 0.241 e. The molecule has 2 aromatic rings. The predicted molar refractivity (Wildman–Crippen MR) is 62.1 cm³/mol. The molecule has 0 bridgehead atoms. The number of halogens is 1. The molecule has 0 saturated carbocycles. The summed E-state index contributed by atoms with van der Waals surface area (Å²) in [6.45, 7) is 0.573. The molecule has 0 radical (unpaired) electrons. The summed E-state index contributed by atoms with van der Waals surface area (Å²) in [7, 11) is 0. The van der Waals surface area contributed by atoms with E-state index in [9.17, 15) is 0 Å². The van der Waals surface area contributed by atoms with Gasteiger partial charge in [-0.15, -0.1) is 5.10 Å². The number of nitrogens with zero attached hydrogens (tertiary/aromatic N) is 3. The molecule has 4 N–H and O–H groups in total. The summed E-state index contributed by atoms with van der Waals surface area (Å²) < 4.78 is 2.61. The van der Waals surface area contributed by atoms with Gasteiger partial charge < -0.3 is 11.5 Å². The van der Waals surface area contributed by atoms with Gasteiger partial charge in [-0.2, -0.15) is 4.98 Å². The van der Waals surface area contributed by atoms with Gasteiger partial charge in [0.1, 0.15) is 0 Å². The molecule has 1 aromatic carbocycles. The summed E-state index contributed by atoms with van der Waals surface area (Å²) in [6, 6.07) is 7.90. The molecule has 5 nitrogen and oxygen atoms in total. The van der Waals surface area contributed by atoms with Crippen LogP contribution in [0.25, 0.3) is 0 Å². The first kappa shape index (κ1) is 9.97. The first-order valence-electron chi connectivity index (χ1n) is 4.35. The van der Waals surface area contributed by atoms with Crippen molar-refractivity contribution in [3.8, 4) is 0 Å². The zero-order valence-electron chi connectivity index (χ0n) is 7.89. The second-order valence-electron chi connectivity index (χ2n) is 3.11. The van der Waals surface area contributed by atoms with Gasteiger partial charge in [0.15, 0.2) is 0 Å². The Balaban J connectivity index is 2.21. The number of hydrogen-bond acceptors (Lipinski definition) is 4. The minimum absolute atomic E-state index is 0.199. The predicted octanol–water partition coefficient (Wildman–Crippen LogP) is 1.25. The van der Waals surface area contributed by atoms with Crippen LogP contribution in [0.2, 0.25) is 0 Å². The third-order valence-electron chi connectivity index (χ3n) is 1.96. The Labute approximate surface area is 95.2 Å². The van der Waals surface area contributed by atoms with Gasteiger partial charge in [0, 0.05) is 4.47 Å². The van der Waals surface area contributed by atoms with E-state index in [1.165, 1.54) is 0 Å². The summed E-state index contributed by atoms with van der Waals surface area (Å²) in [4.78, 5) is 3.82. The van der Waals surface area contributed by atoms with Crippen LogP contribution in [0.15, 0.2) is 28.7 Å². The summed E-state index contributed by atoms with van der Waals surface area (Å²) in [5.41, 5.74) is 12.1. The number of hydrogen-bond donors (Lipinski definition) is 2. The fraction of sp³-hybridized carbons (Fsp3) is 0.111. The zero-order valence-corrected chi connectivity index (χ0v) is 9.48. The van der Waals surface area contributed by atoms with Gasteiger partial charge in [-0.3, -0.25) is 0 Å². The molecule has 0 saturated heterocycles. The molecule has 0 aliphatic rings. The maximum absolute atomic E-state index is 5.62. The van der Waals surface area contributed by atoms with E-state index >= 15 is 0 Å². The van der Waals surface area contributed by atoms with Crippen LogP contribution in [-0.2, 0) is 6.54 Å². The van der Waals surface area contributed by atoms with Crippen LogP contribution in [0.4, 0.5) is 11.9 Å². The Morgan fingerprint density at radius 3 is 2.40 bits per heavy atom. The van der Waals surface area contributed by atoms with Crippen molar-refractivity contribution >= 4 is 27.8 Å². The van der Waals surface area contributed by atoms with Crippen molar-refractivity contribution in [1.82, 2.24) is 14.8 Å². The molecule has 78 valence electrons. The van der Waals surface area contributed by atoms with Gasteiger partial charge in [0.05, 0.1) is 6.54 Å². The molecule has 0 spiro atoms. The van der Waals surface area contributed by atoms with E-state index in [0.29, 0.717) is 12.5 Å². The van der Waals surface area contributed by atoms with Crippen LogP contribution >= 0.6 is 15.9 Å². The number of nitrogen functional groups attached to an aromatic ring is 2. The van der Waals surface area contributed by atoms with Crippen molar-refractivity contribution in [3.63, 3.8) is 0 Å². The lowest BCUT2D eigenvalue weighted by Crippen LogP contribution is -2.06. The lowest BCUT2D eigenvalue weighted by atomic mass is 10.2. The van der Waals surface area contributed by atoms with Crippen molar-refractivity contribution in [3.05, 3.63) is 34.3 Å². The number of aromatic nitrogens is 3. The van der Waals surface area contributed by atoms with Gasteiger partial charge in [0.25, 0.3) is 0 Å². The quantitative estimate of drug-likeness (QED) is 0.858. The van der Waals surface area contributed by atoms with Crippen LogP contribution in [0, 0.1) is 0 Å². The van der Waals surface area contributed by atoms with Crippen molar-refractivity contribution < 1.29 is 0 Å². The van der Waals surface area contributed by atoms with Crippen molar-refractivity contribution in [1.29, 1.82) is 0 Å². The second kappa shape index (κ2) is 3.90. The lowest BCUT2D eigenvalue weighted by molar-refractivity contribution is 0.699. The average molecular weight is 268 g/mol. The smallest absolute Gasteiger partial charge is 0.241 e. The Kier molecular flexibility index (Phi) is 2.59. The van der Waals surface area contributed by atoms with Crippen LogP contribution in [0.1, 0.15) is 5.56 Å². The third-order valence-corrected chi connectivity index (χ3v) is 2.49. The molecular formula is C9H10BrN5. The van der Waals surface area contributed by atoms with Crippen LogP contribution in [0.5, 0.6) is 0 Å². The Morgan fingerprint density at radius 2 is 1.87 bits per heavy atom. The van der Waals surface area contributed by atoms with E-state index in [1.807, 2.05) is 24.3 Å². The Morgan fingerprint density at radius 1 is 1.20 bits per heavy atom. The minimum Gasteiger partial charge on any atom is -0.368 e. The monoisotopic (exact) mass is 267 g/mol. The van der Waals surface area contributed by atoms with Gasteiger partial charge in [-0.05, 0) is 17.7 Å². The van der Waals surface area contributed by atoms with E-state index in [4.69, 9.17) is 11.5 Å². The van der Waals surface area contributed by atoms with Gasteiger partial charge in [0.2, 0.25) is 11.9 Å². The van der Waals surface area contributed by atoms with Crippen molar-refractivity contribution in [2.24, 2.45) is 0 Å². The van der Waals surface area contributed by atoms with Crippen molar-refractivity contribution in [2.75, 3.05) is 11.5 Å². The zero-order chi connectivity index (χ0) is 10.8. The Hall–Kier alpha value is -1.56. The molecule has 6 heteroatoms. The fourth-order valence-corrected chi connectivity index (χ4v) is 1.52. The third kappa shape index (κ3) is 2.27. The summed E-state index contributed by atoms with van der Waals surface area (Å²) in [6.07, 6.45) is 0. The molecule has 0 fully saturated rings. The summed E-state index contributed by atoms with van der Waals surface area (Å²) in [5.74, 6) is 0.528. The molecule has 0 amide bonds. The minimum atomic E-state index is 0.199. The van der Waals surface area contributed by atoms with E-state index in [2.05, 4.69) is 26.0 Å². The highest BCUT2D eigenvalue weighted by atomic mass is 79.9. The maximum atomic E-state index is 5.62. The molecule has 0 atom stereocenters. The topological polar surface area (TPSA) is 82.7 Å². The highest BCUT2D eigenvalue weighted by molar-refractivity contribution is 9.10. The SMILES string of the molecule is Nc1nc(N)n(Cc2ccc(Br)cc2)n1. The van der Waals surface area contributed by atoms with Crippen LogP contribution in [-0.4, -0.2) is 14.8 Å². The highest BCUT2D eigenvalue weighted by Crippen LogP contribution is 2.12. The van der Waals surface area contributed by atoms with Gasteiger partial charge >= 0.3 is 0 Å². The number of anilines is 2. The van der Waals surface area contributed by atoms with Crippen LogP contribution < -0.4 is 11.5 Å². The van der Waals surface area contributed by atoms with Gasteiger partial charge in [-0.1, -0.05) is 28.1 Å². The van der Waals surface area contributed by atoms with E-state index < -0.39 is 0 Å². The molecule has 1 aromatic heterocycles. The standard InChI is InChI=1S/C9H10BrN5/c10-7-3-1-6(2-4-7)5-15-9(12)13-8(11)14-15/h1-4H,5H2,(H4,11,12,13,14). The molecule has 1 heterocycles. The van der Waals surface area contributed by atoms with E-state index in [-0.39, 0.29) is 5.95 Å². The average Bonchev–Trinajstić information content (AvgIpc) is 2.49. The number of nitrogens with two attached hydrogens (primary N) is 2. The first-order chi connectivity index (χ1) is 7.15. The highest BCUT2D eigenvalue weighted by Gasteiger charge is 2.04. The number of benzene rings is 1. The van der Waals surface area contributed by atoms with Gasteiger partial charge in [-0.25, -0.2) is 4.68 Å². The lowest BCUT2D eigenvalue weighted by Gasteiger charge is -2.02. The summed E-state index contributed by atoms with van der Waals surface area (Å²) >= 11 is 3.37. The first-order valence-corrected chi connectivity index (χ1v) is 5.14. The summed E-state index contributed by atoms with van der Waals surface area (Å²) in [5, 5.41) is 3.97. The molecule has 0 aliphatic carbocycles. The van der Waals surface area contributed by atoms with Crippen molar-refractivity contribution in [2.45, 2.75) is 6.54 Å².